The molecular formula is C18H27N3O4. The second-order valence-corrected chi connectivity index (χ2v) is 6.03. The number of amides is 2. The van der Waals surface area contributed by atoms with E-state index in [1.807, 2.05) is 13.8 Å². The zero-order valence-corrected chi connectivity index (χ0v) is 15.1. The summed E-state index contributed by atoms with van der Waals surface area (Å²) >= 11 is 0. The number of nitrogens with zero attached hydrogens (tertiary/aromatic N) is 2. The summed E-state index contributed by atoms with van der Waals surface area (Å²) in [7, 11) is 1.59. The van der Waals surface area contributed by atoms with Gasteiger partial charge in [-0.05, 0) is 44.5 Å². The summed E-state index contributed by atoms with van der Waals surface area (Å²) in [6.07, 6.45) is 0.490. The molecule has 1 aliphatic heterocycles. The van der Waals surface area contributed by atoms with E-state index in [9.17, 15) is 9.59 Å². The summed E-state index contributed by atoms with van der Waals surface area (Å²) in [6.45, 7) is 5.34. The molecule has 2 rings (SSSR count). The fourth-order valence-corrected chi connectivity index (χ4v) is 3.02. The van der Waals surface area contributed by atoms with E-state index in [4.69, 9.17) is 15.2 Å². The molecule has 2 atom stereocenters. The Balaban J connectivity index is 1.99. The Labute approximate surface area is 148 Å². The summed E-state index contributed by atoms with van der Waals surface area (Å²) in [4.78, 5) is 28.5. The fourth-order valence-electron chi connectivity index (χ4n) is 3.02. The first kappa shape index (κ1) is 19.1. The minimum Gasteiger partial charge on any atom is -0.497 e. The molecule has 7 nitrogen and oxygen atoms in total. The Morgan fingerprint density at radius 2 is 1.80 bits per heavy atom. The van der Waals surface area contributed by atoms with Crippen LogP contribution in [0.2, 0.25) is 0 Å². The highest BCUT2D eigenvalue weighted by Gasteiger charge is 2.39. The summed E-state index contributed by atoms with van der Waals surface area (Å²) in [6, 6.07) is 6.31. The molecule has 2 amide bonds. The fraction of sp³-hybridized carbons (Fsp3) is 0.556. The lowest BCUT2D eigenvalue weighted by Crippen LogP contribution is -2.48. The molecule has 138 valence electrons. The van der Waals surface area contributed by atoms with Crippen molar-refractivity contribution in [3.63, 3.8) is 0 Å². The zero-order valence-electron chi connectivity index (χ0n) is 15.1. The number of carbonyl (C=O) groups excluding carboxylic acids is 2. The van der Waals surface area contributed by atoms with Crippen LogP contribution in [-0.4, -0.2) is 67.0 Å². The van der Waals surface area contributed by atoms with Gasteiger partial charge >= 0.3 is 0 Å². The van der Waals surface area contributed by atoms with E-state index in [1.165, 1.54) is 0 Å². The molecule has 7 heteroatoms. The minimum atomic E-state index is -0.498. The number of benzene rings is 1. The lowest BCUT2D eigenvalue weighted by Gasteiger charge is -2.28. The molecule has 1 aromatic rings. The molecule has 1 aromatic carbocycles. The van der Waals surface area contributed by atoms with E-state index in [0.29, 0.717) is 37.6 Å². The maximum absolute atomic E-state index is 12.6. The molecule has 0 spiro atoms. The second kappa shape index (κ2) is 8.71. The monoisotopic (exact) mass is 349 g/mol. The molecule has 0 aromatic heterocycles. The molecule has 1 aliphatic rings. The number of ether oxygens (including phenoxy) is 2. The number of likely N-dealkylation sites (N-methyl/N-ethyl adjacent to an activating group) is 1. The normalized spacial score (nSPS) is 19.6. The van der Waals surface area contributed by atoms with E-state index in [2.05, 4.69) is 0 Å². The van der Waals surface area contributed by atoms with Crippen molar-refractivity contribution in [3.05, 3.63) is 24.3 Å². The summed E-state index contributed by atoms with van der Waals surface area (Å²) in [5.74, 6) is 1.02. The lowest BCUT2D eigenvalue weighted by atomic mass is 10.1. The van der Waals surface area contributed by atoms with Gasteiger partial charge in [-0.25, -0.2) is 0 Å². The molecule has 1 heterocycles. The Morgan fingerprint density at radius 1 is 1.20 bits per heavy atom. The molecule has 2 N–H and O–H groups in total. The van der Waals surface area contributed by atoms with Gasteiger partial charge in [-0.3, -0.25) is 9.59 Å². The van der Waals surface area contributed by atoms with Gasteiger partial charge in [0.05, 0.1) is 7.11 Å². The topological polar surface area (TPSA) is 85.1 Å². The Bertz CT molecular complexity index is 586. The van der Waals surface area contributed by atoms with Gasteiger partial charge < -0.3 is 25.0 Å². The average molecular weight is 349 g/mol. The van der Waals surface area contributed by atoms with Gasteiger partial charge in [0.2, 0.25) is 5.91 Å². The van der Waals surface area contributed by atoms with E-state index < -0.39 is 6.04 Å². The van der Waals surface area contributed by atoms with Crippen LogP contribution in [0.5, 0.6) is 11.5 Å². The molecule has 0 unspecified atom stereocenters. The Morgan fingerprint density at radius 3 is 2.36 bits per heavy atom. The van der Waals surface area contributed by atoms with Crippen LogP contribution in [0.25, 0.3) is 0 Å². The van der Waals surface area contributed by atoms with Crippen LogP contribution in [-0.2, 0) is 9.59 Å². The summed E-state index contributed by atoms with van der Waals surface area (Å²) in [5.41, 5.74) is 5.99. The number of carbonyl (C=O) groups is 2. The molecular weight excluding hydrogens is 322 g/mol. The van der Waals surface area contributed by atoms with Gasteiger partial charge in [0.1, 0.15) is 17.5 Å². The largest absolute Gasteiger partial charge is 0.497 e. The summed E-state index contributed by atoms with van der Waals surface area (Å²) < 4.78 is 10.6. The number of hydrogen-bond acceptors (Lipinski definition) is 5. The van der Waals surface area contributed by atoms with Crippen molar-refractivity contribution in [1.82, 2.24) is 9.80 Å². The molecule has 25 heavy (non-hydrogen) atoms. The Hall–Kier alpha value is -2.28. The van der Waals surface area contributed by atoms with Crippen molar-refractivity contribution in [1.29, 1.82) is 0 Å². The first-order chi connectivity index (χ1) is 12.0. The zero-order chi connectivity index (χ0) is 18.4. The number of rotatable bonds is 7. The van der Waals surface area contributed by atoms with Gasteiger partial charge in [-0.15, -0.1) is 0 Å². The van der Waals surface area contributed by atoms with E-state index in [1.54, 1.807) is 41.2 Å². The third-order valence-corrected chi connectivity index (χ3v) is 4.44. The number of nitrogens with two attached hydrogens (primary N) is 1. The third kappa shape index (κ3) is 4.63. The van der Waals surface area contributed by atoms with Crippen LogP contribution in [0.1, 0.15) is 20.3 Å². The molecule has 1 fully saturated rings. The maximum Gasteiger partial charge on any atom is 0.261 e. The van der Waals surface area contributed by atoms with Crippen molar-refractivity contribution in [2.45, 2.75) is 32.4 Å². The smallest absolute Gasteiger partial charge is 0.261 e. The van der Waals surface area contributed by atoms with Crippen LogP contribution in [0.15, 0.2) is 24.3 Å². The number of likely N-dealkylation sites (tertiary alicyclic amines) is 1. The van der Waals surface area contributed by atoms with E-state index in [-0.39, 0.29) is 24.5 Å². The predicted octanol–water partition coefficient (Wildman–Crippen LogP) is 0.871. The SMILES string of the molecule is CCN(CC)C(=O)[C@@H]1C[C@@H](N)CN1C(=O)COc1ccc(OC)cc1. The number of hydrogen-bond donors (Lipinski definition) is 1. The quantitative estimate of drug-likeness (QED) is 0.789. The van der Waals surface area contributed by atoms with Crippen LogP contribution >= 0.6 is 0 Å². The van der Waals surface area contributed by atoms with Crippen molar-refractivity contribution in [2.24, 2.45) is 5.73 Å². The summed E-state index contributed by atoms with van der Waals surface area (Å²) in [5, 5.41) is 0. The number of methoxy groups -OCH3 is 1. The van der Waals surface area contributed by atoms with E-state index in [0.717, 1.165) is 0 Å². The van der Waals surface area contributed by atoms with Crippen molar-refractivity contribution in [2.75, 3.05) is 33.4 Å². The molecule has 0 saturated carbocycles. The molecule has 1 saturated heterocycles. The van der Waals surface area contributed by atoms with Gasteiger partial charge in [-0.1, -0.05) is 0 Å². The minimum absolute atomic E-state index is 0.0456. The van der Waals surface area contributed by atoms with Crippen molar-refractivity contribution < 1.29 is 19.1 Å². The Kier molecular flexibility index (Phi) is 6.64. The first-order valence-electron chi connectivity index (χ1n) is 8.60. The molecule has 0 aliphatic carbocycles. The second-order valence-electron chi connectivity index (χ2n) is 6.03. The van der Waals surface area contributed by atoms with Crippen LogP contribution in [0.3, 0.4) is 0 Å². The first-order valence-corrected chi connectivity index (χ1v) is 8.60. The molecule has 0 bridgehead atoms. The van der Waals surface area contributed by atoms with Gasteiger partial charge in [0.25, 0.3) is 5.91 Å². The van der Waals surface area contributed by atoms with Gasteiger partial charge in [0, 0.05) is 25.7 Å². The highest BCUT2D eigenvalue weighted by atomic mass is 16.5. The van der Waals surface area contributed by atoms with Gasteiger partial charge in [-0.2, -0.15) is 0 Å². The van der Waals surface area contributed by atoms with Crippen molar-refractivity contribution in [3.8, 4) is 11.5 Å². The van der Waals surface area contributed by atoms with Crippen LogP contribution in [0, 0.1) is 0 Å². The highest BCUT2D eigenvalue weighted by Crippen LogP contribution is 2.21. The average Bonchev–Trinajstić information content (AvgIpc) is 3.03. The third-order valence-electron chi connectivity index (χ3n) is 4.44. The van der Waals surface area contributed by atoms with Crippen LogP contribution in [0.4, 0.5) is 0 Å². The van der Waals surface area contributed by atoms with Gasteiger partial charge in [0.15, 0.2) is 6.61 Å². The maximum atomic E-state index is 12.6. The lowest BCUT2D eigenvalue weighted by molar-refractivity contribution is -0.144. The highest BCUT2D eigenvalue weighted by molar-refractivity contribution is 5.89. The molecule has 0 radical (unpaired) electrons. The van der Waals surface area contributed by atoms with Crippen LogP contribution < -0.4 is 15.2 Å². The van der Waals surface area contributed by atoms with Crippen molar-refractivity contribution >= 4 is 11.8 Å². The van der Waals surface area contributed by atoms with E-state index >= 15 is 0 Å². The predicted molar refractivity (Wildman–Crippen MR) is 94.5 cm³/mol. The standard InChI is InChI=1S/C18H27N3O4/c1-4-20(5-2)18(23)16-10-13(19)11-21(16)17(22)12-25-15-8-6-14(24-3)7-9-15/h6-9,13,16H,4-5,10-12,19H2,1-3H3/t13-,16+/m1/s1.